The fourth-order valence-electron chi connectivity index (χ4n) is 1.96. The standard InChI is InChI=1S/C14H17NO5/c1-3-12(13(16)9-14(17)20-4-2)10-5-7-11(8-6-10)15(18)19/h5-8,12H,3-4,9H2,1-2H3. The van der Waals surface area contributed by atoms with Crippen LogP contribution < -0.4 is 0 Å². The molecule has 1 rings (SSSR count). The molecule has 0 N–H and O–H groups in total. The van der Waals surface area contributed by atoms with Crippen molar-refractivity contribution in [1.82, 2.24) is 0 Å². The Hall–Kier alpha value is -2.24. The zero-order chi connectivity index (χ0) is 15.1. The zero-order valence-electron chi connectivity index (χ0n) is 11.5. The van der Waals surface area contributed by atoms with Crippen molar-refractivity contribution in [3.8, 4) is 0 Å². The van der Waals surface area contributed by atoms with E-state index in [2.05, 4.69) is 0 Å². The van der Waals surface area contributed by atoms with E-state index in [1.54, 1.807) is 19.1 Å². The summed E-state index contributed by atoms with van der Waals surface area (Å²) in [6.45, 7) is 3.74. The van der Waals surface area contributed by atoms with E-state index in [1.807, 2.05) is 6.92 Å². The molecule has 1 aromatic rings. The third-order valence-electron chi connectivity index (χ3n) is 2.93. The molecule has 0 spiro atoms. The Bertz CT molecular complexity index is 495. The van der Waals surface area contributed by atoms with Crippen LogP contribution in [0.1, 0.15) is 38.2 Å². The summed E-state index contributed by atoms with van der Waals surface area (Å²) in [5, 5.41) is 10.6. The van der Waals surface area contributed by atoms with Gasteiger partial charge in [0.2, 0.25) is 0 Å². The molecule has 1 atom stereocenters. The number of non-ortho nitro benzene ring substituents is 1. The van der Waals surface area contributed by atoms with Gasteiger partial charge in [-0.05, 0) is 18.9 Å². The van der Waals surface area contributed by atoms with Crippen LogP contribution in [0.25, 0.3) is 0 Å². The smallest absolute Gasteiger partial charge is 0.313 e. The fraction of sp³-hybridized carbons (Fsp3) is 0.429. The molecular formula is C14H17NO5. The Balaban J connectivity index is 2.81. The fourth-order valence-corrected chi connectivity index (χ4v) is 1.96. The van der Waals surface area contributed by atoms with Gasteiger partial charge in [0.15, 0.2) is 5.78 Å². The van der Waals surface area contributed by atoms with Crippen LogP contribution >= 0.6 is 0 Å². The molecule has 6 heteroatoms. The molecule has 6 nitrogen and oxygen atoms in total. The lowest BCUT2D eigenvalue weighted by atomic mass is 9.90. The second kappa shape index (κ2) is 7.37. The maximum Gasteiger partial charge on any atom is 0.313 e. The lowest BCUT2D eigenvalue weighted by Crippen LogP contribution is -2.17. The Morgan fingerprint density at radius 3 is 2.30 bits per heavy atom. The molecule has 0 amide bonds. The van der Waals surface area contributed by atoms with Gasteiger partial charge in [-0.25, -0.2) is 0 Å². The van der Waals surface area contributed by atoms with Gasteiger partial charge in [-0.2, -0.15) is 0 Å². The number of rotatable bonds is 7. The monoisotopic (exact) mass is 279 g/mol. The Labute approximate surface area is 116 Å². The molecule has 0 radical (unpaired) electrons. The van der Waals surface area contributed by atoms with Gasteiger partial charge in [0, 0.05) is 18.1 Å². The molecule has 0 saturated heterocycles. The molecule has 1 unspecified atom stereocenters. The number of nitro groups is 1. The molecular weight excluding hydrogens is 262 g/mol. The van der Waals surface area contributed by atoms with Crippen molar-refractivity contribution in [3.63, 3.8) is 0 Å². The molecule has 0 aliphatic rings. The highest BCUT2D eigenvalue weighted by Crippen LogP contribution is 2.24. The van der Waals surface area contributed by atoms with Gasteiger partial charge in [0.1, 0.15) is 6.42 Å². The number of ketones is 1. The average molecular weight is 279 g/mol. The third-order valence-corrected chi connectivity index (χ3v) is 2.93. The highest BCUT2D eigenvalue weighted by molar-refractivity contribution is 5.99. The van der Waals surface area contributed by atoms with Gasteiger partial charge in [0.25, 0.3) is 5.69 Å². The quantitative estimate of drug-likeness (QED) is 0.331. The summed E-state index contributed by atoms with van der Waals surface area (Å²) in [5.74, 6) is -1.22. The first-order valence-electron chi connectivity index (χ1n) is 6.42. The summed E-state index contributed by atoms with van der Waals surface area (Å²) >= 11 is 0. The molecule has 0 aliphatic carbocycles. The van der Waals surface area contributed by atoms with Crippen LogP contribution in [-0.4, -0.2) is 23.3 Å². The Morgan fingerprint density at radius 1 is 1.25 bits per heavy atom. The van der Waals surface area contributed by atoms with Crippen molar-refractivity contribution < 1.29 is 19.2 Å². The number of Topliss-reactive ketones (excluding diaryl/α,β-unsaturated/α-hetero) is 1. The van der Waals surface area contributed by atoms with Crippen LogP contribution in [0.5, 0.6) is 0 Å². The molecule has 0 aliphatic heterocycles. The van der Waals surface area contributed by atoms with E-state index in [9.17, 15) is 19.7 Å². The topological polar surface area (TPSA) is 86.5 Å². The molecule has 0 saturated carbocycles. The Kier molecular flexibility index (Phi) is 5.83. The van der Waals surface area contributed by atoms with Crippen molar-refractivity contribution in [3.05, 3.63) is 39.9 Å². The largest absolute Gasteiger partial charge is 0.466 e. The van der Waals surface area contributed by atoms with Crippen LogP contribution in [0.15, 0.2) is 24.3 Å². The average Bonchev–Trinajstić information content (AvgIpc) is 2.40. The highest BCUT2D eigenvalue weighted by atomic mass is 16.6. The second-order valence-corrected chi connectivity index (χ2v) is 4.26. The lowest BCUT2D eigenvalue weighted by Gasteiger charge is -2.13. The van der Waals surface area contributed by atoms with Crippen molar-refractivity contribution in [2.24, 2.45) is 0 Å². The maximum absolute atomic E-state index is 12.0. The van der Waals surface area contributed by atoms with Gasteiger partial charge in [-0.15, -0.1) is 0 Å². The molecule has 0 heterocycles. The van der Waals surface area contributed by atoms with Crippen molar-refractivity contribution in [2.45, 2.75) is 32.6 Å². The molecule has 20 heavy (non-hydrogen) atoms. The van der Waals surface area contributed by atoms with E-state index in [0.717, 1.165) is 0 Å². The first-order chi connectivity index (χ1) is 9.49. The number of carbonyl (C=O) groups is 2. The second-order valence-electron chi connectivity index (χ2n) is 4.26. The van der Waals surface area contributed by atoms with E-state index in [1.165, 1.54) is 12.1 Å². The van der Waals surface area contributed by atoms with E-state index in [4.69, 9.17) is 4.74 Å². The number of benzene rings is 1. The number of hydrogen-bond acceptors (Lipinski definition) is 5. The molecule has 0 fully saturated rings. The number of hydrogen-bond donors (Lipinski definition) is 0. The van der Waals surface area contributed by atoms with Crippen molar-refractivity contribution in [1.29, 1.82) is 0 Å². The minimum Gasteiger partial charge on any atom is -0.466 e. The summed E-state index contributed by atoms with van der Waals surface area (Å²) in [7, 11) is 0. The van der Waals surface area contributed by atoms with Crippen LogP contribution in [-0.2, 0) is 14.3 Å². The first-order valence-corrected chi connectivity index (χ1v) is 6.42. The minimum absolute atomic E-state index is 0.0264. The number of esters is 1. The van der Waals surface area contributed by atoms with Crippen molar-refractivity contribution >= 4 is 17.4 Å². The normalized spacial score (nSPS) is 11.7. The molecule has 108 valence electrons. The van der Waals surface area contributed by atoms with Gasteiger partial charge >= 0.3 is 5.97 Å². The molecule has 0 aromatic heterocycles. The molecule has 0 bridgehead atoms. The minimum atomic E-state index is -0.544. The van der Waals surface area contributed by atoms with E-state index < -0.39 is 16.8 Å². The summed E-state index contributed by atoms with van der Waals surface area (Å²) < 4.78 is 4.74. The zero-order valence-corrected chi connectivity index (χ0v) is 11.5. The predicted octanol–water partition coefficient (Wildman–Crippen LogP) is 2.61. The molecule has 1 aromatic carbocycles. The van der Waals surface area contributed by atoms with Gasteiger partial charge in [-0.3, -0.25) is 19.7 Å². The van der Waals surface area contributed by atoms with Gasteiger partial charge in [0.05, 0.1) is 11.5 Å². The summed E-state index contributed by atoms with van der Waals surface area (Å²) in [4.78, 5) is 33.4. The third kappa shape index (κ3) is 4.15. The summed E-state index contributed by atoms with van der Waals surface area (Å²) in [6.07, 6.45) is 0.249. The van der Waals surface area contributed by atoms with E-state index in [0.29, 0.717) is 12.0 Å². The summed E-state index contributed by atoms with van der Waals surface area (Å²) in [5.41, 5.74) is 0.647. The van der Waals surface area contributed by atoms with E-state index >= 15 is 0 Å². The highest BCUT2D eigenvalue weighted by Gasteiger charge is 2.22. The van der Waals surface area contributed by atoms with Crippen LogP contribution in [0.2, 0.25) is 0 Å². The number of nitro benzene ring substituents is 1. The lowest BCUT2D eigenvalue weighted by molar-refractivity contribution is -0.384. The number of carbonyl (C=O) groups excluding carboxylic acids is 2. The van der Waals surface area contributed by atoms with Gasteiger partial charge in [-0.1, -0.05) is 19.1 Å². The van der Waals surface area contributed by atoms with E-state index in [-0.39, 0.29) is 24.5 Å². The van der Waals surface area contributed by atoms with Crippen LogP contribution in [0.4, 0.5) is 5.69 Å². The van der Waals surface area contributed by atoms with Crippen LogP contribution in [0, 0.1) is 10.1 Å². The van der Waals surface area contributed by atoms with Crippen LogP contribution in [0.3, 0.4) is 0 Å². The summed E-state index contributed by atoms with van der Waals surface area (Å²) in [6, 6.07) is 5.82. The first kappa shape index (κ1) is 15.8. The predicted molar refractivity (Wildman–Crippen MR) is 72.4 cm³/mol. The van der Waals surface area contributed by atoms with Crippen molar-refractivity contribution in [2.75, 3.05) is 6.61 Å². The SMILES string of the molecule is CCOC(=O)CC(=O)C(CC)c1ccc([N+](=O)[O-])cc1. The Morgan fingerprint density at radius 2 is 1.85 bits per heavy atom. The maximum atomic E-state index is 12.0. The number of ether oxygens (including phenoxy) is 1. The number of nitrogens with zero attached hydrogens (tertiary/aromatic N) is 1. The van der Waals surface area contributed by atoms with Gasteiger partial charge < -0.3 is 4.74 Å².